The predicted molar refractivity (Wildman–Crippen MR) is 137 cm³/mol. The van der Waals surface area contributed by atoms with Gasteiger partial charge in [0, 0.05) is 23.8 Å². The van der Waals surface area contributed by atoms with E-state index in [0.717, 1.165) is 41.6 Å². The molecule has 178 valence electrons. The lowest BCUT2D eigenvalue weighted by atomic mass is 9.79. The number of hydrogen-bond acceptors (Lipinski definition) is 2. The molecule has 2 amide bonds. The first-order chi connectivity index (χ1) is 15.5. The molecule has 3 rings (SSSR count). The maximum atomic E-state index is 13.7. The zero-order valence-corrected chi connectivity index (χ0v) is 21.4. The van der Waals surface area contributed by atoms with Crippen molar-refractivity contribution in [1.29, 1.82) is 0 Å². The van der Waals surface area contributed by atoms with Crippen LogP contribution in [0, 0.1) is 25.7 Å². The highest BCUT2D eigenvalue weighted by Crippen LogP contribution is 2.34. The second kappa shape index (κ2) is 10.1. The summed E-state index contributed by atoms with van der Waals surface area (Å²) in [6, 6.07) is 14.0. The van der Waals surface area contributed by atoms with Crippen LogP contribution in [0.2, 0.25) is 0 Å². The summed E-state index contributed by atoms with van der Waals surface area (Å²) in [5.74, 6) is 0.0870. The Morgan fingerprint density at radius 1 is 1.09 bits per heavy atom. The maximum Gasteiger partial charge on any atom is 0.254 e. The topological polar surface area (TPSA) is 49.4 Å². The zero-order chi connectivity index (χ0) is 24.3. The summed E-state index contributed by atoms with van der Waals surface area (Å²) >= 11 is 0. The van der Waals surface area contributed by atoms with Gasteiger partial charge in [-0.2, -0.15) is 0 Å². The molecule has 1 N–H and O–H groups in total. The number of carbonyl (C=O) groups excluding carboxylic acids is 2. The molecule has 33 heavy (non-hydrogen) atoms. The molecule has 1 aliphatic heterocycles. The number of likely N-dealkylation sites (tertiary alicyclic amines) is 1. The highest BCUT2D eigenvalue weighted by Gasteiger charge is 2.41. The minimum Gasteiger partial charge on any atom is -0.335 e. The SMILES string of the molecule is CCC(C)C1C(C(=O)Nc2cccc(C(C)(C)C)c2)CCCN1C(=O)c1c(C)cccc1C. The minimum absolute atomic E-state index is 0.0134. The standard InChI is InChI=1S/C29H40N2O2/c1-8-19(2)26-24(27(32)30-23-15-10-14-22(18-23)29(5,6)7)16-11-17-31(26)28(33)25-20(3)12-9-13-21(25)4/h9-10,12-15,18-19,24,26H,8,11,16-17H2,1-7H3,(H,30,32). The Balaban J connectivity index is 1.90. The van der Waals surface area contributed by atoms with Crippen LogP contribution in [0.4, 0.5) is 5.69 Å². The van der Waals surface area contributed by atoms with Gasteiger partial charge in [-0.05, 0) is 66.8 Å². The van der Waals surface area contributed by atoms with E-state index in [1.165, 1.54) is 5.56 Å². The van der Waals surface area contributed by atoms with Gasteiger partial charge in [0.2, 0.25) is 5.91 Å². The van der Waals surface area contributed by atoms with E-state index in [1.54, 1.807) is 0 Å². The summed E-state index contributed by atoms with van der Waals surface area (Å²) in [4.78, 5) is 29.3. The molecule has 2 aromatic rings. The molecule has 1 fully saturated rings. The van der Waals surface area contributed by atoms with Crippen LogP contribution >= 0.6 is 0 Å². The fraction of sp³-hybridized carbons (Fsp3) is 0.517. The van der Waals surface area contributed by atoms with Crippen molar-refractivity contribution in [2.75, 3.05) is 11.9 Å². The van der Waals surface area contributed by atoms with Crippen LogP contribution in [-0.2, 0) is 10.2 Å². The molecule has 3 atom stereocenters. The molecule has 0 spiro atoms. The minimum atomic E-state index is -0.222. The van der Waals surface area contributed by atoms with E-state index in [2.05, 4.69) is 52.1 Å². The maximum absolute atomic E-state index is 13.7. The first-order valence-electron chi connectivity index (χ1n) is 12.3. The normalized spacial score (nSPS) is 19.8. The molecule has 0 aromatic heterocycles. The molecule has 0 aliphatic carbocycles. The third-order valence-corrected chi connectivity index (χ3v) is 7.20. The van der Waals surface area contributed by atoms with E-state index < -0.39 is 0 Å². The van der Waals surface area contributed by atoms with E-state index >= 15 is 0 Å². The third-order valence-electron chi connectivity index (χ3n) is 7.20. The summed E-state index contributed by atoms with van der Waals surface area (Å²) < 4.78 is 0. The smallest absolute Gasteiger partial charge is 0.254 e. The molecule has 2 aromatic carbocycles. The van der Waals surface area contributed by atoms with Crippen LogP contribution in [0.15, 0.2) is 42.5 Å². The lowest BCUT2D eigenvalue weighted by Gasteiger charge is -2.44. The molecule has 0 bridgehead atoms. The van der Waals surface area contributed by atoms with Gasteiger partial charge in [-0.3, -0.25) is 9.59 Å². The largest absolute Gasteiger partial charge is 0.335 e. The van der Waals surface area contributed by atoms with E-state index in [1.807, 2.05) is 49.1 Å². The van der Waals surface area contributed by atoms with Crippen molar-refractivity contribution >= 4 is 17.5 Å². The second-order valence-electron chi connectivity index (χ2n) is 10.7. The number of carbonyl (C=O) groups is 2. The van der Waals surface area contributed by atoms with Crippen LogP contribution in [0.1, 0.15) is 80.9 Å². The Kier molecular flexibility index (Phi) is 7.66. The first kappa shape index (κ1) is 25.0. The van der Waals surface area contributed by atoms with Crippen molar-refractivity contribution < 1.29 is 9.59 Å². The molecule has 1 heterocycles. The molecule has 4 nitrogen and oxygen atoms in total. The molecule has 1 saturated heterocycles. The monoisotopic (exact) mass is 448 g/mol. The van der Waals surface area contributed by atoms with Gasteiger partial charge in [0.05, 0.1) is 5.92 Å². The molecular weight excluding hydrogens is 408 g/mol. The fourth-order valence-electron chi connectivity index (χ4n) is 5.08. The highest BCUT2D eigenvalue weighted by molar-refractivity contribution is 5.98. The van der Waals surface area contributed by atoms with Gasteiger partial charge in [-0.15, -0.1) is 0 Å². The highest BCUT2D eigenvalue weighted by atomic mass is 16.2. The molecule has 1 aliphatic rings. The van der Waals surface area contributed by atoms with Gasteiger partial charge in [0.1, 0.15) is 0 Å². The molecule has 4 heteroatoms. The summed E-state index contributed by atoms with van der Waals surface area (Å²) in [5, 5.41) is 3.18. The van der Waals surface area contributed by atoms with Gasteiger partial charge in [0.15, 0.2) is 0 Å². The number of benzene rings is 2. The van der Waals surface area contributed by atoms with Crippen LogP contribution < -0.4 is 5.32 Å². The van der Waals surface area contributed by atoms with Crippen LogP contribution in [-0.4, -0.2) is 29.3 Å². The average molecular weight is 449 g/mol. The summed E-state index contributed by atoms with van der Waals surface area (Å²) in [6.45, 7) is 15.5. The molecule has 0 saturated carbocycles. The van der Waals surface area contributed by atoms with Crippen molar-refractivity contribution in [3.8, 4) is 0 Å². The fourth-order valence-corrected chi connectivity index (χ4v) is 5.08. The lowest BCUT2D eigenvalue weighted by molar-refractivity contribution is -0.124. The third kappa shape index (κ3) is 5.48. The Hall–Kier alpha value is -2.62. The number of nitrogens with one attached hydrogen (secondary N) is 1. The molecule has 3 unspecified atom stereocenters. The van der Waals surface area contributed by atoms with Crippen molar-refractivity contribution in [2.24, 2.45) is 11.8 Å². The van der Waals surface area contributed by atoms with Gasteiger partial charge in [0.25, 0.3) is 5.91 Å². The number of hydrogen-bond donors (Lipinski definition) is 1. The van der Waals surface area contributed by atoms with E-state index in [4.69, 9.17) is 0 Å². The number of rotatable bonds is 5. The predicted octanol–water partition coefficient (Wildman–Crippen LogP) is 6.51. The Morgan fingerprint density at radius 2 is 1.73 bits per heavy atom. The van der Waals surface area contributed by atoms with Crippen LogP contribution in [0.25, 0.3) is 0 Å². The number of anilines is 1. The van der Waals surface area contributed by atoms with E-state index in [0.29, 0.717) is 6.54 Å². The number of aryl methyl sites for hydroxylation is 2. The van der Waals surface area contributed by atoms with Crippen molar-refractivity contribution in [3.63, 3.8) is 0 Å². The van der Waals surface area contributed by atoms with E-state index in [9.17, 15) is 9.59 Å². The first-order valence-corrected chi connectivity index (χ1v) is 12.3. The van der Waals surface area contributed by atoms with Gasteiger partial charge >= 0.3 is 0 Å². The zero-order valence-electron chi connectivity index (χ0n) is 21.4. The number of piperidine rings is 1. The molecular formula is C29H40N2O2. The Bertz CT molecular complexity index is 985. The lowest BCUT2D eigenvalue weighted by Crippen LogP contribution is -2.54. The number of nitrogens with zero attached hydrogens (tertiary/aromatic N) is 1. The Labute approximate surface area is 199 Å². The summed E-state index contributed by atoms with van der Waals surface area (Å²) in [7, 11) is 0. The summed E-state index contributed by atoms with van der Waals surface area (Å²) in [5.41, 5.74) is 4.80. The van der Waals surface area contributed by atoms with Crippen LogP contribution in [0.3, 0.4) is 0 Å². The van der Waals surface area contributed by atoms with Crippen molar-refractivity contribution in [1.82, 2.24) is 4.90 Å². The van der Waals surface area contributed by atoms with Crippen LogP contribution in [0.5, 0.6) is 0 Å². The molecule has 0 radical (unpaired) electrons. The van der Waals surface area contributed by atoms with Crippen molar-refractivity contribution in [2.45, 2.75) is 79.2 Å². The number of amides is 2. The Morgan fingerprint density at radius 3 is 2.33 bits per heavy atom. The quantitative estimate of drug-likeness (QED) is 0.567. The second-order valence-corrected chi connectivity index (χ2v) is 10.7. The van der Waals surface area contributed by atoms with E-state index in [-0.39, 0.29) is 35.1 Å². The van der Waals surface area contributed by atoms with Gasteiger partial charge < -0.3 is 10.2 Å². The average Bonchev–Trinajstić information content (AvgIpc) is 2.77. The van der Waals surface area contributed by atoms with Crippen molar-refractivity contribution in [3.05, 3.63) is 64.7 Å². The van der Waals surface area contributed by atoms with Gasteiger partial charge in [-0.1, -0.05) is 71.4 Å². The summed E-state index contributed by atoms with van der Waals surface area (Å²) in [6.07, 6.45) is 2.56. The van der Waals surface area contributed by atoms with Gasteiger partial charge in [-0.25, -0.2) is 0 Å².